The van der Waals surface area contributed by atoms with Gasteiger partial charge in [-0.05, 0) is 45.4 Å². The molecule has 0 aromatic heterocycles. The maximum Gasteiger partial charge on any atom is 0.243 e. The molecule has 1 aromatic rings. The molecular formula is C27H44N4O4S. The summed E-state index contributed by atoms with van der Waals surface area (Å²) >= 11 is 0. The summed E-state index contributed by atoms with van der Waals surface area (Å²) in [5, 5.41) is 3.47. The van der Waals surface area contributed by atoms with Gasteiger partial charge in [0.05, 0.1) is 23.6 Å². The van der Waals surface area contributed by atoms with Crippen molar-refractivity contribution >= 4 is 15.8 Å². The molecule has 2 saturated heterocycles. The second kappa shape index (κ2) is 12.0. The molecule has 1 aliphatic carbocycles. The molecule has 3 aliphatic rings. The zero-order valence-electron chi connectivity index (χ0n) is 22.2. The lowest BCUT2D eigenvalue weighted by molar-refractivity contribution is -0.0440. The fraction of sp³-hybridized carbons (Fsp3) is 0.741. The number of benzene rings is 1. The van der Waals surface area contributed by atoms with Crippen LogP contribution >= 0.6 is 0 Å². The number of sulfonamides is 1. The van der Waals surface area contributed by atoms with Crippen LogP contribution in [0.15, 0.2) is 29.2 Å². The number of carbonyl (C=O) groups is 1. The molecule has 202 valence electrons. The smallest absolute Gasteiger partial charge is 0.243 e. The number of rotatable bonds is 9. The molecule has 2 atom stereocenters. The molecule has 0 amide bonds. The Balaban J connectivity index is 1.39. The summed E-state index contributed by atoms with van der Waals surface area (Å²) in [6.07, 6.45) is 5.79. The highest BCUT2D eigenvalue weighted by atomic mass is 32.2. The first-order chi connectivity index (χ1) is 17.2. The Morgan fingerprint density at radius 3 is 2.36 bits per heavy atom. The first-order valence-electron chi connectivity index (χ1n) is 13.7. The number of hydrogen-bond acceptors (Lipinski definition) is 7. The number of morpholine rings is 1. The van der Waals surface area contributed by atoms with Crippen LogP contribution in [-0.2, 0) is 14.8 Å². The van der Waals surface area contributed by atoms with Crippen LogP contribution in [0.1, 0.15) is 63.2 Å². The van der Waals surface area contributed by atoms with Crippen LogP contribution in [0, 0.1) is 0 Å². The fourth-order valence-corrected chi connectivity index (χ4v) is 7.81. The second-order valence-corrected chi connectivity index (χ2v) is 12.8. The van der Waals surface area contributed by atoms with Gasteiger partial charge in [0.1, 0.15) is 0 Å². The van der Waals surface area contributed by atoms with Crippen LogP contribution in [0.5, 0.6) is 0 Å². The van der Waals surface area contributed by atoms with Gasteiger partial charge in [-0.2, -0.15) is 4.31 Å². The molecule has 0 radical (unpaired) electrons. The average Bonchev–Trinajstić information content (AvgIpc) is 2.88. The Labute approximate surface area is 217 Å². The van der Waals surface area contributed by atoms with Crippen molar-refractivity contribution in [3.63, 3.8) is 0 Å². The van der Waals surface area contributed by atoms with Gasteiger partial charge in [-0.15, -0.1) is 0 Å². The van der Waals surface area contributed by atoms with E-state index in [1.165, 1.54) is 42.5 Å². The van der Waals surface area contributed by atoms with Gasteiger partial charge in [0.25, 0.3) is 0 Å². The number of ketones is 1. The largest absolute Gasteiger partial charge is 0.373 e. The predicted molar refractivity (Wildman–Crippen MR) is 142 cm³/mol. The Kier molecular flexibility index (Phi) is 9.23. The fourth-order valence-electron chi connectivity index (χ4n) is 6.17. The van der Waals surface area contributed by atoms with Crippen LogP contribution in [0.2, 0.25) is 0 Å². The molecule has 0 spiro atoms. The van der Waals surface area contributed by atoms with E-state index >= 15 is 0 Å². The molecule has 1 N–H and O–H groups in total. The van der Waals surface area contributed by atoms with Crippen LogP contribution in [-0.4, -0.2) is 105 Å². The van der Waals surface area contributed by atoms with E-state index in [4.69, 9.17) is 4.74 Å². The number of piperazine rings is 1. The molecule has 1 aromatic carbocycles. The minimum absolute atomic E-state index is 0.0717. The zero-order valence-corrected chi connectivity index (χ0v) is 23.1. The Bertz CT molecular complexity index is 977. The summed E-state index contributed by atoms with van der Waals surface area (Å²) in [7, 11) is -3.68. The summed E-state index contributed by atoms with van der Waals surface area (Å²) in [5.74, 6) is -0.0717. The van der Waals surface area contributed by atoms with E-state index in [0.29, 0.717) is 18.7 Å². The maximum atomic E-state index is 13.3. The topological polar surface area (TPSA) is 82.2 Å². The molecule has 9 heteroatoms. The van der Waals surface area contributed by atoms with Gasteiger partial charge in [0.2, 0.25) is 10.0 Å². The van der Waals surface area contributed by atoms with Crippen molar-refractivity contribution in [2.24, 2.45) is 0 Å². The second-order valence-electron chi connectivity index (χ2n) is 10.8. The lowest BCUT2D eigenvalue weighted by atomic mass is 9.79. The molecule has 36 heavy (non-hydrogen) atoms. The summed E-state index contributed by atoms with van der Waals surface area (Å²) in [6, 6.07) is 6.50. The lowest BCUT2D eigenvalue weighted by Gasteiger charge is -2.50. The number of likely N-dealkylation sites (N-methyl/N-ethyl adjacent to an activating group) is 1. The monoisotopic (exact) mass is 520 g/mol. The van der Waals surface area contributed by atoms with Crippen molar-refractivity contribution in [2.45, 2.75) is 75.5 Å². The third kappa shape index (κ3) is 6.37. The highest BCUT2D eigenvalue weighted by Crippen LogP contribution is 2.34. The molecule has 3 fully saturated rings. The van der Waals surface area contributed by atoms with Gasteiger partial charge in [0, 0.05) is 56.9 Å². The van der Waals surface area contributed by atoms with E-state index in [-0.39, 0.29) is 35.0 Å². The standard InChI is InChI=1S/C27H44N4O4S/c1-4-29-13-15-30(16-14-29)27(11-6-5-7-12-27)21-28-18-26(32)24-9-8-10-25(17-24)36(33,34)31-19-22(2)35-23(3)20-31/h8-10,17,22-23,28H,4-7,11-16,18-21H2,1-3H3. The maximum absolute atomic E-state index is 13.3. The minimum atomic E-state index is -3.68. The Hall–Kier alpha value is -1.36. The van der Waals surface area contributed by atoms with E-state index in [2.05, 4.69) is 22.0 Å². The van der Waals surface area contributed by atoms with Gasteiger partial charge >= 0.3 is 0 Å². The van der Waals surface area contributed by atoms with E-state index in [1.807, 2.05) is 13.8 Å². The number of hydrogen-bond donors (Lipinski definition) is 1. The van der Waals surface area contributed by atoms with Crippen molar-refractivity contribution in [1.29, 1.82) is 0 Å². The molecule has 2 unspecified atom stereocenters. The first-order valence-corrected chi connectivity index (χ1v) is 15.1. The van der Waals surface area contributed by atoms with E-state index in [9.17, 15) is 13.2 Å². The van der Waals surface area contributed by atoms with Crippen LogP contribution in [0.3, 0.4) is 0 Å². The van der Waals surface area contributed by atoms with Crippen LogP contribution < -0.4 is 5.32 Å². The number of carbonyl (C=O) groups excluding carboxylic acids is 1. The summed E-state index contributed by atoms with van der Waals surface area (Å²) in [6.45, 7) is 13.1. The van der Waals surface area contributed by atoms with Gasteiger partial charge in [-0.1, -0.05) is 38.3 Å². The number of nitrogens with zero attached hydrogens (tertiary/aromatic N) is 3. The van der Waals surface area contributed by atoms with E-state index in [0.717, 1.165) is 39.3 Å². The first kappa shape index (κ1) is 27.7. The van der Waals surface area contributed by atoms with Crippen molar-refractivity contribution in [3.8, 4) is 0 Å². The number of nitrogens with one attached hydrogen (secondary N) is 1. The SMILES string of the molecule is CCN1CCN(C2(CNCC(=O)c3cccc(S(=O)(=O)N4CC(C)OC(C)C4)c3)CCCCC2)CC1. The molecule has 8 nitrogen and oxygen atoms in total. The average molecular weight is 521 g/mol. The van der Waals surface area contributed by atoms with Crippen LogP contribution in [0.25, 0.3) is 0 Å². The molecular weight excluding hydrogens is 476 g/mol. The minimum Gasteiger partial charge on any atom is -0.373 e. The van der Waals surface area contributed by atoms with Crippen LogP contribution in [0.4, 0.5) is 0 Å². The summed E-state index contributed by atoms with van der Waals surface area (Å²) < 4.78 is 33.7. The quantitative estimate of drug-likeness (QED) is 0.501. The van der Waals surface area contributed by atoms with Crippen molar-refractivity contribution < 1.29 is 17.9 Å². The zero-order chi connectivity index (χ0) is 25.8. The number of Topliss-reactive ketones (excluding diaryl/α,β-unsaturated/α-hetero) is 1. The third-order valence-electron chi connectivity index (χ3n) is 8.19. The summed E-state index contributed by atoms with van der Waals surface area (Å²) in [4.78, 5) is 18.4. The van der Waals surface area contributed by atoms with E-state index < -0.39 is 10.0 Å². The van der Waals surface area contributed by atoms with Crippen molar-refractivity contribution in [1.82, 2.24) is 19.4 Å². The van der Waals surface area contributed by atoms with Gasteiger partial charge in [-0.3, -0.25) is 9.69 Å². The van der Waals surface area contributed by atoms with Crippen molar-refractivity contribution in [3.05, 3.63) is 29.8 Å². The highest BCUT2D eigenvalue weighted by Gasteiger charge is 2.39. The third-order valence-corrected chi connectivity index (χ3v) is 10.0. The normalized spacial score (nSPS) is 26.6. The molecule has 4 rings (SSSR count). The summed E-state index contributed by atoms with van der Waals surface area (Å²) in [5.41, 5.74) is 0.556. The Morgan fingerprint density at radius 2 is 1.72 bits per heavy atom. The van der Waals surface area contributed by atoms with Crippen molar-refractivity contribution in [2.75, 3.05) is 58.9 Å². The Morgan fingerprint density at radius 1 is 1.06 bits per heavy atom. The lowest BCUT2D eigenvalue weighted by Crippen LogP contribution is -2.61. The highest BCUT2D eigenvalue weighted by molar-refractivity contribution is 7.89. The molecule has 2 aliphatic heterocycles. The molecule has 2 heterocycles. The molecule has 0 bridgehead atoms. The molecule has 1 saturated carbocycles. The van der Waals surface area contributed by atoms with Gasteiger partial charge < -0.3 is 15.0 Å². The van der Waals surface area contributed by atoms with E-state index in [1.54, 1.807) is 18.2 Å². The van der Waals surface area contributed by atoms with Gasteiger partial charge in [-0.25, -0.2) is 8.42 Å². The number of ether oxygens (including phenoxy) is 1. The van der Waals surface area contributed by atoms with Gasteiger partial charge in [0.15, 0.2) is 5.78 Å². The predicted octanol–water partition coefficient (Wildman–Crippen LogP) is 2.60.